The summed E-state index contributed by atoms with van der Waals surface area (Å²) < 4.78 is 0.424. The standard InChI is InChI=1S/C9H10BrN3O2/c1-4-11-7(9(14)15)6(10)8(12-4)13-5-2-3-5/h5H,2-3H2,1H3,(H,14,15)(H,11,12,13). The first-order valence-electron chi connectivity index (χ1n) is 4.62. The van der Waals surface area contributed by atoms with Crippen LogP contribution in [0.25, 0.3) is 0 Å². The molecule has 1 aromatic heterocycles. The SMILES string of the molecule is Cc1nc(NC2CC2)c(Br)c(C(=O)O)n1. The Labute approximate surface area is 95.1 Å². The molecule has 1 aromatic rings. The minimum atomic E-state index is -1.05. The molecule has 0 aromatic carbocycles. The van der Waals surface area contributed by atoms with Crippen LogP contribution in [-0.2, 0) is 0 Å². The van der Waals surface area contributed by atoms with Crippen LogP contribution in [0.3, 0.4) is 0 Å². The van der Waals surface area contributed by atoms with Crippen molar-refractivity contribution in [1.29, 1.82) is 0 Å². The first-order valence-corrected chi connectivity index (χ1v) is 5.41. The molecule has 1 aliphatic rings. The first-order chi connectivity index (χ1) is 7.08. The molecule has 0 bridgehead atoms. The van der Waals surface area contributed by atoms with Crippen molar-refractivity contribution in [3.63, 3.8) is 0 Å². The van der Waals surface area contributed by atoms with Crippen molar-refractivity contribution in [3.8, 4) is 0 Å². The number of aromatic carboxylic acids is 1. The summed E-state index contributed by atoms with van der Waals surface area (Å²) in [6.07, 6.45) is 2.22. The zero-order valence-electron chi connectivity index (χ0n) is 8.12. The van der Waals surface area contributed by atoms with Gasteiger partial charge < -0.3 is 10.4 Å². The second-order valence-electron chi connectivity index (χ2n) is 3.51. The highest BCUT2D eigenvalue weighted by Crippen LogP contribution is 2.29. The lowest BCUT2D eigenvalue weighted by atomic mass is 10.3. The van der Waals surface area contributed by atoms with Gasteiger partial charge in [0.1, 0.15) is 11.6 Å². The van der Waals surface area contributed by atoms with Crippen LogP contribution in [0.1, 0.15) is 29.2 Å². The highest BCUT2D eigenvalue weighted by atomic mass is 79.9. The van der Waals surface area contributed by atoms with Gasteiger partial charge in [-0.25, -0.2) is 14.8 Å². The van der Waals surface area contributed by atoms with Crippen molar-refractivity contribution in [2.75, 3.05) is 5.32 Å². The number of carboxylic acids is 1. The van der Waals surface area contributed by atoms with Crippen molar-refractivity contribution in [2.45, 2.75) is 25.8 Å². The molecule has 1 fully saturated rings. The van der Waals surface area contributed by atoms with Gasteiger partial charge in [-0.1, -0.05) is 0 Å². The summed E-state index contributed by atoms with van der Waals surface area (Å²) >= 11 is 3.20. The number of nitrogens with one attached hydrogen (secondary N) is 1. The third-order valence-corrected chi connectivity index (χ3v) is 2.83. The number of rotatable bonds is 3. The monoisotopic (exact) mass is 271 g/mol. The predicted octanol–water partition coefficient (Wildman–Crippen LogP) is 1.82. The van der Waals surface area contributed by atoms with E-state index in [4.69, 9.17) is 5.11 Å². The first kappa shape index (κ1) is 10.4. The van der Waals surface area contributed by atoms with Crippen LogP contribution in [0.4, 0.5) is 5.82 Å². The number of anilines is 1. The zero-order valence-corrected chi connectivity index (χ0v) is 9.71. The third kappa shape index (κ3) is 2.26. The van der Waals surface area contributed by atoms with E-state index in [1.807, 2.05) is 0 Å². The summed E-state index contributed by atoms with van der Waals surface area (Å²) in [6, 6.07) is 0.428. The Bertz CT molecular complexity index is 418. The highest BCUT2D eigenvalue weighted by molar-refractivity contribution is 9.10. The fraction of sp³-hybridized carbons (Fsp3) is 0.444. The van der Waals surface area contributed by atoms with Crippen molar-refractivity contribution < 1.29 is 9.90 Å². The van der Waals surface area contributed by atoms with Gasteiger partial charge in [-0.2, -0.15) is 0 Å². The van der Waals surface area contributed by atoms with Gasteiger partial charge in [-0.3, -0.25) is 0 Å². The fourth-order valence-corrected chi connectivity index (χ4v) is 1.68. The molecule has 0 unspecified atom stereocenters. The lowest BCUT2D eigenvalue weighted by Gasteiger charge is -2.08. The number of aromatic nitrogens is 2. The molecular weight excluding hydrogens is 262 g/mol. The van der Waals surface area contributed by atoms with Gasteiger partial charge in [-0.15, -0.1) is 0 Å². The molecule has 0 spiro atoms. The molecule has 80 valence electrons. The van der Waals surface area contributed by atoms with Gasteiger partial charge in [0, 0.05) is 6.04 Å². The second-order valence-corrected chi connectivity index (χ2v) is 4.30. The van der Waals surface area contributed by atoms with Gasteiger partial charge >= 0.3 is 5.97 Å². The Morgan fingerprint density at radius 3 is 2.73 bits per heavy atom. The molecular formula is C9H10BrN3O2. The molecule has 2 rings (SSSR count). The minimum absolute atomic E-state index is 0.00523. The van der Waals surface area contributed by atoms with E-state index in [1.165, 1.54) is 0 Å². The summed E-state index contributed by atoms with van der Waals surface area (Å²) in [4.78, 5) is 18.9. The highest BCUT2D eigenvalue weighted by Gasteiger charge is 2.24. The molecule has 0 aliphatic heterocycles. The molecule has 2 N–H and O–H groups in total. The van der Waals surface area contributed by atoms with Gasteiger partial charge in [0.05, 0.1) is 4.47 Å². The van der Waals surface area contributed by atoms with Gasteiger partial charge in [-0.05, 0) is 35.7 Å². The van der Waals surface area contributed by atoms with Crippen LogP contribution in [0.15, 0.2) is 4.47 Å². The van der Waals surface area contributed by atoms with E-state index in [0.717, 1.165) is 12.8 Å². The number of nitrogens with zero attached hydrogens (tertiary/aromatic N) is 2. The second kappa shape index (κ2) is 3.77. The van der Waals surface area contributed by atoms with E-state index in [1.54, 1.807) is 6.92 Å². The number of hydrogen-bond acceptors (Lipinski definition) is 4. The third-order valence-electron chi connectivity index (χ3n) is 2.08. The van der Waals surface area contributed by atoms with Crippen LogP contribution in [0.2, 0.25) is 0 Å². The molecule has 6 heteroatoms. The number of carboxylic acid groups (broad SMARTS) is 1. The van der Waals surface area contributed by atoms with E-state index in [9.17, 15) is 4.79 Å². The number of hydrogen-bond donors (Lipinski definition) is 2. The van der Waals surface area contributed by atoms with Crippen molar-refractivity contribution in [3.05, 3.63) is 16.0 Å². The Hall–Kier alpha value is -1.17. The van der Waals surface area contributed by atoms with Crippen LogP contribution in [-0.4, -0.2) is 27.1 Å². The van der Waals surface area contributed by atoms with Crippen LogP contribution >= 0.6 is 15.9 Å². The molecule has 1 aliphatic carbocycles. The summed E-state index contributed by atoms with van der Waals surface area (Å²) in [7, 11) is 0. The maximum Gasteiger partial charge on any atom is 0.355 e. The zero-order chi connectivity index (χ0) is 11.0. The molecule has 1 saturated carbocycles. The average molecular weight is 272 g/mol. The predicted molar refractivity (Wildman–Crippen MR) is 58.1 cm³/mol. The summed E-state index contributed by atoms with van der Waals surface area (Å²) in [5, 5.41) is 12.1. The molecule has 0 radical (unpaired) electrons. The van der Waals surface area contributed by atoms with Crippen molar-refractivity contribution >= 4 is 27.7 Å². The van der Waals surface area contributed by atoms with Crippen molar-refractivity contribution in [1.82, 2.24) is 9.97 Å². The Morgan fingerprint density at radius 2 is 2.20 bits per heavy atom. The lowest BCUT2D eigenvalue weighted by Crippen LogP contribution is -2.11. The van der Waals surface area contributed by atoms with E-state index in [2.05, 4.69) is 31.2 Å². The molecule has 0 saturated heterocycles. The van der Waals surface area contributed by atoms with E-state index < -0.39 is 5.97 Å². The van der Waals surface area contributed by atoms with Gasteiger partial charge in [0.15, 0.2) is 5.69 Å². The minimum Gasteiger partial charge on any atom is -0.476 e. The lowest BCUT2D eigenvalue weighted by molar-refractivity contribution is 0.0689. The Morgan fingerprint density at radius 1 is 1.53 bits per heavy atom. The Kier molecular flexibility index (Phi) is 2.60. The molecule has 15 heavy (non-hydrogen) atoms. The van der Waals surface area contributed by atoms with Gasteiger partial charge in [0.2, 0.25) is 0 Å². The van der Waals surface area contributed by atoms with Crippen LogP contribution < -0.4 is 5.32 Å². The molecule has 0 atom stereocenters. The van der Waals surface area contributed by atoms with E-state index in [-0.39, 0.29) is 5.69 Å². The van der Waals surface area contributed by atoms with E-state index >= 15 is 0 Å². The smallest absolute Gasteiger partial charge is 0.355 e. The fourth-order valence-electron chi connectivity index (χ4n) is 1.22. The summed E-state index contributed by atoms with van der Waals surface area (Å²) in [5.41, 5.74) is 0.00523. The largest absolute Gasteiger partial charge is 0.476 e. The summed E-state index contributed by atoms with van der Waals surface area (Å²) in [5.74, 6) is -0.0210. The molecule has 5 nitrogen and oxygen atoms in total. The number of carbonyl (C=O) groups is 1. The van der Waals surface area contributed by atoms with Crippen LogP contribution in [0.5, 0.6) is 0 Å². The maximum atomic E-state index is 10.9. The number of halogens is 1. The molecule has 0 amide bonds. The normalized spacial score (nSPS) is 15.1. The summed E-state index contributed by atoms with van der Waals surface area (Å²) in [6.45, 7) is 1.68. The number of aryl methyl sites for hydroxylation is 1. The van der Waals surface area contributed by atoms with E-state index in [0.29, 0.717) is 22.2 Å². The average Bonchev–Trinajstić information content (AvgIpc) is 2.94. The molecule has 1 heterocycles. The van der Waals surface area contributed by atoms with Crippen molar-refractivity contribution in [2.24, 2.45) is 0 Å². The Balaban J connectivity index is 2.39. The van der Waals surface area contributed by atoms with Gasteiger partial charge in [0.25, 0.3) is 0 Å². The maximum absolute atomic E-state index is 10.9. The van der Waals surface area contributed by atoms with Crippen LogP contribution in [0, 0.1) is 6.92 Å². The topological polar surface area (TPSA) is 75.1 Å². The quantitative estimate of drug-likeness (QED) is 0.877.